The number of rotatable bonds is 7. The monoisotopic (exact) mass is 222 g/mol. The number of hydrogen-bond donors (Lipinski definition) is 1. The molecule has 1 N–H and O–H groups in total. The molecule has 0 heterocycles. The van der Waals surface area contributed by atoms with Crippen molar-refractivity contribution in [3.8, 4) is 5.75 Å². The minimum Gasteiger partial charge on any atom is -0.497 e. The first-order chi connectivity index (χ1) is 7.77. The Morgan fingerprint density at radius 3 is 2.81 bits per heavy atom. The number of hydrogen-bond acceptors (Lipinski definition) is 3. The highest BCUT2D eigenvalue weighted by molar-refractivity contribution is 5.50. The lowest BCUT2D eigenvalue weighted by molar-refractivity contribution is 0.415. The standard InChI is InChI=1S/C13H22N2O/c1-4-8-14-9-10-15(2)12-6-5-7-13(11-12)16-3/h5-7,11,14H,4,8-10H2,1-3H3. The van der Waals surface area contributed by atoms with Crippen LogP contribution in [0.4, 0.5) is 5.69 Å². The highest BCUT2D eigenvalue weighted by atomic mass is 16.5. The van der Waals surface area contributed by atoms with Crippen molar-refractivity contribution in [3.05, 3.63) is 24.3 Å². The van der Waals surface area contributed by atoms with Gasteiger partial charge in [0.25, 0.3) is 0 Å². The van der Waals surface area contributed by atoms with Crippen molar-refractivity contribution in [2.24, 2.45) is 0 Å². The average molecular weight is 222 g/mol. The van der Waals surface area contributed by atoms with Crippen LogP contribution < -0.4 is 15.0 Å². The molecule has 1 rings (SSSR count). The summed E-state index contributed by atoms with van der Waals surface area (Å²) in [6.07, 6.45) is 1.18. The predicted octanol–water partition coefficient (Wildman–Crippen LogP) is 2.13. The van der Waals surface area contributed by atoms with E-state index in [2.05, 4.69) is 36.3 Å². The van der Waals surface area contributed by atoms with Gasteiger partial charge in [-0.2, -0.15) is 0 Å². The Kier molecular flexibility index (Phi) is 5.72. The van der Waals surface area contributed by atoms with E-state index in [4.69, 9.17) is 4.74 Å². The summed E-state index contributed by atoms with van der Waals surface area (Å²) in [6.45, 7) is 5.29. The second-order valence-corrected chi connectivity index (χ2v) is 3.87. The molecule has 0 aliphatic rings. The molecule has 16 heavy (non-hydrogen) atoms. The van der Waals surface area contributed by atoms with Crippen LogP contribution in [0.3, 0.4) is 0 Å². The molecular weight excluding hydrogens is 200 g/mol. The number of nitrogens with zero attached hydrogens (tertiary/aromatic N) is 1. The van der Waals surface area contributed by atoms with E-state index >= 15 is 0 Å². The molecule has 0 radical (unpaired) electrons. The first kappa shape index (κ1) is 12.8. The van der Waals surface area contributed by atoms with Crippen molar-refractivity contribution >= 4 is 5.69 Å². The number of anilines is 1. The van der Waals surface area contributed by atoms with E-state index in [0.29, 0.717) is 0 Å². The number of ether oxygens (including phenoxy) is 1. The number of benzene rings is 1. The van der Waals surface area contributed by atoms with Gasteiger partial charge in [-0.1, -0.05) is 13.0 Å². The maximum absolute atomic E-state index is 5.21. The highest BCUT2D eigenvalue weighted by Crippen LogP contribution is 2.19. The summed E-state index contributed by atoms with van der Waals surface area (Å²) in [6, 6.07) is 8.14. The molecule has 0 aromatic heterocycles. The van der Waals surface area contributed by atoms with Crippen LogP contribution in [0.2, 0.25) is 0 Å². The normalized spacial score (nSPS) is 10.2. The minimum atomic E-state index is 0.908. The maximum Gasteiger partial charge on any atom is 0.120 e. The van der Waals surface area contributed by atoms with Crippen LogP contribution in [0.5, 0.6) is 5.75 Å². The summed E-state index contributed by atoms with van der Waals surface area (Å²) in [5.41, 5.74) is 1.19. The third-order valence-corrected chi connectivity index (χ3v) is 2.54. The van der Waals surface area contributed by atoms with E-state index < -0.39 is 0 Å². The summed E-state index contributed by atoms with van der Waals surface area (Å²) < 4.78 is 5.21. The number of likely N-dealkylation sites (N-methyl/N-ethyl adjacent to an activating group) is 1. The molecular formula is C13H22N2O. The topological polar surface area (TPSA) is 24.5 Å². The third-order valence-electron chi connectivity index (χ3n) is 2.54. The highest BCUT2D eigenvalue weighted by Gasteiger charge is 2.01. The van der Waals surface area contributed by atoms with Crippen molar-refractivity contribution in [2.75, 3.05) is 38.7 Å². The number of nitrogens with one attached hydrogen (secondary N) is 1. The third kappa shape index (κ3) is 4.11. The van der Waals surface area contributed by atoms with Crippen molar-refractivity contribution in [3.63, 3.8) is 0 Å². The quantitative estimate of drug-likeness (QED) is 0.715. The van der Waals surface area contributed by atoms with Gasteiger partial charge in [0.15, 0.2) is 0 Å². The fourth-order valence-electron chi connectivity index (χ4n) is 1.53. The van der Waals surface area contributed by atoms with Crippen molar-refractivity contribution in [2.45, 2.75) is 13.3 Å². The zero-order chi connectivity index (χ0) is 11.8. The van der Waals surface area contributed by atoms with E-state index in [0.717, 1.165) is 25.4 Å². The molecule has 1 aromatic rings. The van der Waals surface area contributed by atoms with Crippen LogP contribution in [0.1, 0.15) is 13.3 Å². The van der Waals surface area contributed by atoms with Crippen LogP contribution >= 0.6 is 0 Å². The molecule has 1 aromatic carbocycles. The van der Waals surface area contributed by atoms with Crippen LogP contribution in [0.15, 0.2) is 24.3 Å². The molecule has 0 atom stereocenters. The maximum atomic E-state index is 5.21. The molecule has 0 aliphatic carbocycles. The molecule has 0 unspecified atom stereocenters. The van der Waals surface area contributed by atoms with Gasteiger partial charge in [0.05, 0.1) is 7.11 Å². The van der Waals surface area contributed by atoms with Crippen LogP contribution in [-0.2, 0) is 0 Å². The fourth-order valence-corrected chi connectivity index (χ4v) is 1.53. The zero-order valence-electron chi connectivity index (χ0n) is 10.5. The van der Waals surface area contributed by atoms with Gasteiger partial charge in [0.1, 0.15) is 5.75 Å². The van der Waals surface area contributed by atoms with Gasteiger partial charge in [-0.25, -0.2) is 0 Å². The van der Waals surface area contributed by atoms with Gasteiger partial charge in [0, 0.05) is 31.9 Å². The van der Waals surface area contributed by atoms with Crippen LogP contribution in [0.25, 0.3) is 0 Å². The van der Waals surface area contributed by atoms with Gasteiger partial charge in [-0.15, -0.1) is 0 Å². The van der Waals surface area contributed by atoms with Crippen molar-refractivity contribution in [1.82, 2.24) is 5.32 Å². The SMILES string of the molecule is CCCNCCN(C)c1cccc(OC)c1. The van der Waals surface area contributed by atoms with Crippen LogP contribution in [-0.4, -0.2) is 33.8 Å². The van der Waals surface area contributed by atoms with Gasteiger partial charge in [-0.05, 0) is 25.1 Å². The molecule has 0 aliphatic heterocycles. The Hall–Kier alpha value is -1.22. The summed E-state index contributed by atoms with van der Waals surface area (Å²) in [4.78, 5) is 2.23. The minimum absolute atomic E-state index is 0.908. The number of methoxy groups -OCH3 is 1. The molecule has 0 spiro atoms. The van der Waals surface area contributed by atoms with Crippen molar-refractivity contribution in [1.29, 1.82) is 0 Å². The lowest BCUT2D eigenvalue weighted by Gasteiger charge is -2.20. The lowest BCUT2D eigenvalue weighted by atomic mass is 10.3. The predicted molar refractivity (Wildman–Crippen MR) is 69.4 cm³/mol. The Morgan fingerprint density at radius 1 is 1.31 bits per heavy atom. The van der Waals surface area contributed by atoms with Gasteiger partial charge in [-0.3, -0.25) is 0 Å². The second-order valence-electron chi connectivity index (χ2n) is 3.87. The summed E-state index contributed by atoms with van der Waals surface area (Å²) >= 11 is 0. The Balaban J connectivity index is 2.42. The molecule has 0 saturated carbocycles. The molecule has 90 valence electrons. The molecule has 3 heteroatoms. The van der Waals surface area contributed by atoms with E-state index in [1.165, 1.54) is 12.1 Å². The Labute approximate surface area is 98.4 Å². The van der Waals surface area contributed by atoms with E-state index in [-0.39, 0.29) is 0 Å². The Bertz CT molecular complexity index is 302. The average Bonchev–Trinajstić information content (AvgIpc) is 2.34. The molecule has 3 nitrogen and oxygen atoms in total. The largest absolute Gasteiger partial charge is 0.497 e. The fraction of sp³-hybridized carbons (Fsp3) is 0.538. The Morgan fingerprint density at radius 2 is 2.12 bits per heavy atom. The van der Waals surface area contributed by atoms with Gasteiger partial charge in [0.2, 0.25) is 0 Å². The first-order valence-corrected chi connectivity index (χ1v) is 5.84. The van der Waals surface area contributed by atoms with Crippen LogP contribution in [0, 0.1) is 0 Å². The lowest BCUT2D eigenvalue weighted by Crippen LogP contribution is -2.29. The molecule has 0 amide bonds. The van der Waals surface area contributed by atoms with Crippen molar-refractivity contribution < 1.29 is 4.74 Å². The summed E-state index contributed by atoms with van der Waals surface area (Å²) in [5, 5.41) is 3.39. The summed E-state index contributed by atoms with van der Waals surface area (Å²) in [7, 11) is 3.80. The van der Waals surface area contributed by atoms with Gasteiger partial charge >= 0.3 is 0 Å². The van der Waals surface area contributed by atoms with E-state index in [1.807, 2.05) is 12.1 Å². The first-order valence-electron chi connectivity index (χ1n) is 5.84. The van der Waals surface area contributed by atoms with E-state index in [9.17, 15) is 0 Å². The molecule has 0 fully saturated rings. The van der Waals surface area contributed by atoms with Gasteiger partial charge < -0.3 is 15.0 Å². The molecule has 0 bridgehead atoms. The zero-order valence-corrected chi connectivity index (χ0v) is 10.5. The van der Waals surface area contributed by atoms with E-state index in [1.54, 1.807) is 7.11 Å². The molecule has 0 saturated heterocycles. The second kappa shape index (κ2) is 7.12. The summed E-state index contributed by atoms with van der Waals surface area (Å²) in [5.74, 6) is 0.908. The smallest absolute Gasteiger partial charge is 0.120 e.